The Morgan fingerprint density at radius 2 is 1.81 bits per heavy atom. The van der Waals surface area contributed by atoms with Crippen LogP contribution in [0, 0.1) is 0 Å². The van der Waals surface area contributed by atoms with E-state index in [0.29, 0.717) is 12.8 Å². The van der Waals surface area contributed by atoms with Crippen molar-refractivity contribution in [2.45, 2.75) is 70.3 Å². The SMILES string of the molecule is CCN(CCCCN1CCCCCC1=O)C(C)Cc1ccc(NS(=O)(=O)C(F)(F)F)cc1. The van der Waals surface area contributed by atoms with Crippen LogP contribution >= 0.6 is 0 Å². The van der Waals surface area contributed by atoms with E-state index < -0.39 is 15.5 Å². The molecule has 1 aliphatic heterocycles. The molecule has 1 aliphatic rings. The summed E-state index contributed by atoms with van der Waals surface area (Å²) in [6.07, 6.45) is 6.51. The van der Waals surface area contributed by atoms with Crippen molar-refractivity contribution in [1.29, 1.82) is 0 Å². The highest BCUT2D eigenvalue weighted by Gasteiger charge is 2.46. The number of unbranched alkanes of at least 4 members (excludes halogenated alkanes) is 1. The first-order valence-electron chi connectivity index (χ1n) is 11.2. The summed E-state index contributed by atoms with van der Waals surface area (Å²) in [7, 11) is -5.41. The molecular weight excluding hydrogens is 443 g/mol. The molecule has 1 aromatic rings. The Morgan fingerprint density at radius 3 is 2.44 bits per heavy atom. The number of hydrogen-bond acceptors (Lipinski definition) is 4. The van der Waals surface area contributed by atoms with E-state index in [1.807, 2.05) is 4.90 Å². The predicted molar refractivity (Wildman–Crippen MR) is 120 cm³/mol. The molecular formula is C22H34F3N3O3S. The van der Waals surface area contributed by atoms with E-state index in [9.17, 15) is 26.4 Å². The fourth-order valence-corrected chi connectivity index (χ4v) is 4.54. The lowest BCUT2D eigenvalue weighted by Crippen LogP contribution is -2.36. The summed E-state index contributed by atoms with van der Waals surface area (Å²) in [4.78, 5) is 16.4. The molecule has 1 amide bonds. The highest BCUT2D eigenvalue weighted by Crippen LogP contribution is 2.25. The molecule has 6 nitrogen and oxygen atoms in total. The number of carbonyl (C=O) groups excluding carboxylic acids is 1. The summed E-state index contributed by atoms with van der Waals surface area (Å²) in [5.41, 5.74) is -4.54. The summed E-state index contributed by atoms with van der Waals surface area (Å²) < 4.78 is 61.4. The molecule has 0 radical (unpaired) electrons. The van der Waals surface area contributed by atoms with E-state index in [1.54, 1.807) is 16.9 Å². The van der Waals surface area contributed by atoms with Crippen molar-refractivity contribution >= 4 is 21.6 Å². The minimum Gasteiger partial charge on any atom is -0.343 e. The molecule has 1 fully saturated rings. The number of amides is 1. The number of benzene rings is 1. The van der Waals surface area contributed by atoms with E-state index >= 15 is 0 Å². The normalized spacial score (nSPS) is 16.8. The van der Waals surface area contributed by atoms with Crippen molar-refractivity contribution in [3.05, 3.63) is 29.8 Å². The number of anilines is 1. The van der Waals surface area contributed by atoms with Crippen LogP contribution in [0.5, 0.6) is 0 Å². The topological polar surface area (TPSA) is 69.7 Å². The fraction of sp³-hybridized carbons (Fsp3) is 0.682. The van der Waals surface area contributed by atoms with Crippen LogP contribution in [0.25, 0.3) is 0 Å². The summed E-state index contributed by atoms with van der Waals surface area (Å²) in [6.45, 7) is 7.63. The van der Waals surface area contributed by atoms with Gasteiger partial charge in [0.05, 0.1) is 0 Å². The van der Waals surface area contributed by atoms with Crippen LogP contribution < -0.4 is 4.72 Å². The van der Waals surface area contributed by atoms with Crippen LogP contribution in [0.3, 0.4) is 0 Å². The molecule has 0 aliphatic carbocycles. The van der Waals surface area contributed by atoms with Gasteiger partial charge in [0.2, 0.25) is 5.91 Å². The first-order valence-corrected chi connectivity index (χ1v) is 12.7. The Kier molecular flexibility index (Phi) is 9.82. The van der Waals surface area contributed by atoms with Crippen molar-refractivity contribution in [2.24, 2.45) is 0 Å². The Balaban J connectivity index is 1.80. The molecule has 0 bridgehead atoms. The molecule has 0 aromatic heterocycles. The van der Waals surface area contributed by atoms with Gasteiger partial charge in [0, 0.05) is 31.2 Å². The minimum absolute atomic E-state index is 0.117. The highest BCUT2D eigenvalue weighted by molar-refractivity contribution is 7.93. The zero-order chi connectivity index (χ0) is 23.8. The lowest BCUT2D eigenvalue weighted by molar-refractivity contribution is -0.130. The third kappa shape index (κ3) is 7.95. The quantitative estimate of drug-likeness (QED) is 0.480. The fourth-order valence-electron chi connectivity index (χ4n) is 3.97. The van der Waals surface area contributed by atoms with Gasteiger partial charge in [-0.1, -0.05) is 25.5 Å². The summed E-state index contributed by atoms with van der Waals surface area (Å²) in [6, 6.07) is 6.20. The van der Waals surface area contributed by atoms with Crippen LogP contribution in [0.4, 0.5) is 18.9 Å². The number of sulfonamides is 1. The number of nitrogens with zero attached hydrogens (tertiary/aromatic N) is 2. The number of carbonyl (C=O) groups is 1. The second-order valence-corrected chi connectivity index (χ2v) is 10.0. The van der Waals surface area contributed by atoms with Crippen LogP contribution in [-0.4, -0.2) is 61.9 Å². The molecule has 182 valence electrons. The van der Waals surface area contributed by atoms with Crippen LogP contribution in [0.15, 0.2) is 24.3 Å². The first-order chi connectivity index (χ1) is 15.0. The van der Waals surface area contributed by atoms with Gasteiger partial charge in [0.25, 0.3) is 0 Å². The maximum atomic E-state index is 12.5. The van der Waals surface area contributed by atoms with Gasteiger partial charge in [0.1, 0.15) is 0 Å². The Bertz CT molecular complexity index is 829. The third-order valence-corrected chi connectivity index (χ3v) is 6.98. The smallest absolute Gasteiger partial charge is 0.343 e. The number of likely N-dealkylation sites (tertiary alicyclic amines) is 1. The number of likely N-dealkylation sites (N-methyl/N-ethyl adjacent to an activating group) is 1. The monoisotopic (exact) mass is 477 g/mol. The summed E-state index contributed by atoms with van der Waals surface area (Å²) in [5.74, 6) is 0.268. The molecule has 32 heavy (non-hydrogen) atoms. The third-order valence-electron chi connectivity index (χ3n) is 5.87. The highest BCUT2D eigenvalue weighted by atomic mass is 32.2. The predicted octanol–water partition coefficient (Wildman–Crippen LogP) is 4.38. The molecule has 1 saturated heterocycles. The van der Waals surface area contributed by atoms with E-state index in [2.05, 4.69) is 18.7 Å². The van der Waals surface area contributed by atoms with Crippen molar-refractivity contribution in [3.63, 3.8) is 0 Å². The lowest BCUT2D eigenvalue weighted by Gasteiger charge is -2.28. The Hall–Kier alpha value is -1.81. The Morgan fingerprint density at radius 1 is 1.12 bits per heavy atom. The van der Waals surface area contributed by atoms with Gasteiger partial charge in [-0.15, -0.1) is 0 Å². The number of rotatable bonds is 11. The standard InChI is InChI=1S/C22H34F3N3O3S/c1-3-27(14-7-8-16-28-15-6-4-5-9-21(28)29)18(2)17-19-10-12-20(13-11-19)26-32(30,31)22(23,24)25/h10-13,18,26H,3-9,14-17H2,1-2H3. The van der Waals surface area contributed by atoms with Crippen molar-refractivity contribution in [2.75, 3.05) is 30.9 Å². The molecule has 10 heteroatoms. The summed E-state index contributed by atoms with van der Waals surface area (Å²) >= 11 is 0. The molecule has 2 rings (SSSR count). The van der Waals surface area contributed by atoms with Crippen LogP contribution in [0.2, 0.25) is 0 Å². The van der Waals surface area contributed by atoms with E-state index in [4.69, 9.17) is 0 Å². The average molecular weight is 478 g/mol. The maximum Gasteiger partial charge on any atom is 0.516 e. The minimum atomic E-state index is -5.41. The second-order valence-electron chi connectivity index (χ2n) is 8.33. The number of alkyl halides is 3. The molecule has 1 aromatic carbocycles. The molecule has 1 heterocycles. The number of halogens is 3. The van der Waals surface area contributed by atoms with Crippen molar-refractivity contribution in [3.8, 4) is 0 Å². The van der Waals surface area contributed by atoms with Crippen LogP contribution in [0.1, 0.15) is 57.9 Å². The lowest BCUT2D eigenvalue weighted by atomic mass is 10.1. The largest absolute Gasteiger partial charge is 0.516 e. The molecule has 1 unspecified atom stereocenters. The molecule has 1 N–H and O–H groups in total. The zero-order valence-electron chi connectivity index (χ0n) is 18.8. The molecule has 1 atom stereocenters. The molecule has 0 spiro atoms. The molecule has 0 saturated carbocycles. The van der Waals surface area contributed by atoms with Gasteiger partial charge < -0.3 is 9.80 Å². The average Bonchev–Trinajstić information content (AvgIpc) is 2.92. The second kappa shape index (κ2) is 11.9. The van der Waals surface area contributed by atoms with Gasteiger partial charge >= 0.3 is 15.5 Å². The maximum absolute atomic E-state index is 12.5. The first kappa shape index (κ1) is 26.4. The van der Waals surface area contributed by atoms with E-state index in [0.717, 1.165) is 63.8 Å². The van der Waals surface area contributed by atoms with Crippen molar-refractivity contribution < 1.29 is 26.4 Å². The van der Waals surface area contributed by atoms with Gasteiger partial charge in [-0.2, -0.15) is 21.6 Å². The number of nitrogens with one attached hydrogen (secondary N) is 1. The zero-order valence-corrected chi connectivity index (χ0v) is 19.6. The van der Waals surface area contributed by atoms with E-state index in [1.165, 1.54) is 12.1 Å². The van der Waals surface area contributed by atoms with Gasteiger partial charge in [-0.25, -0.2) is 0 Å². The van der Waals surface area contributed by atoms with Crippen LogP contribution in [-0.2, 0) is 21.2 Å². The van der Waals surface area contributed by atoms with E-state index in [-0.39, 0.29) is 17.6 Å². The van der Waals surface area contributed by atoms with Gasteiger partial charge in [0.15, 0.2) is 0 Å². The van der Waals surface area contributed by atoms with Crippen molar-refractivity contribution in [1.82, 2.24) is 9.80 Å². The van der Waals surface area contributed by atoms with Gasteiger partial charge in [-0.3, -0.25) is 9.52 Å². The van der Waals surface area contributed by atoms with Gasteiger partial charge in [-0.05, 0) is 69.8 Å². The number of hydrogen-bond donors (Lipinski definition) is 1. The Labute approximate surface area is 189 Å². The summed E-state index contributed by atoms with van der Waals surface area (Å²) in [5, 5.41) is 0.